The topological polar surface area (TPSA) is 37.3 Å². The summed E-state index contributed by atoms with van der Waals surface area (Å²) in [6.07, 6.45) is 0. The Hall–Kier alpha value is -0.294. The van der Waals surface area contributed by atoms with Gasteiger partial charge in [-0.1, -0.05) is 0 Å². The molecule has 0 saturated heterocycles. The molecule has 1 rings (SSSR count). The SMILES string of the molecule is CC(c1c[c]([Sn]([CH3])([CH3])[CH3])ccc1C(=O)O)[Si](C)(C)C. The van der Waals surface area contributed by atoms with Crippen LogP contribution in [-0.4, -0.2) is 37.5 Å². The Balaban J connectivity index is 3.44. The molecule has 0 aliphatic carbocycles. The van der Waals surface area contributed by atoms with Gasteiger partial charge in [0, 0.05) is 0 Å². The molecule has 0 radical (unpaired) electrons. The van der Waals surface area contributed by atoms with Crippen molar-refractivity contribution in [3.05, 3.63) is 29.3 Å². The van der Waals surface area contributed by atoms with Crippen LogP contribution in [0, 0.1) is 0 Å². The van der Waals surface area contributed by atoms with Gasteiger partial charge in [-0.3, -0.25) is 0 Å². The molecular weight excluding hydrogens is 359 g/mol. The van der Waals surface area contributed by atoms with Crippen molar-refractivity contribution < 1.29 is 9.90 Å². The average Bonchev–Trinajstić information content (AvgIpc) is 2.24. The predicted octanol–water partition coefficient (Wildman–Crippen LogP) is 3.91. The summed E-state index contributed by atoms with van der Waals surface area (Å²) in [6.45, 7) is 9.10. The van der Waals surface area contributed by atoms with Crippen LogP contribution in [-0.2, 0) is 0 Å². The van der Waals surface area contributed by atoms with Crippen LogP contribution < -0.4 is 3.58 Å². The fourth-order valence-corrected chi connectivity index (χ4v) is 6.57. The van der Waals surface area contributed by atoms with E-state index in [1.807, 2.05) is 12.1 Å². The first-order valence-corrected chi connectivity index (χ1v) is 20.4. The number of hydrogen-bond donors (Lipinski definition) is 1. The van der Waals surface area contributed by atoms with Gasteiger partial charge in [0.2, 0.25) is 0 Å². The molecule has 0 bridgehead atoms. The molecule has 0 aliphatic heterocycles. The van der Waals surface area contributed by atoms with Crippen LogP contribution in [0.4, 0.5) is 0 Å². The van der Waals surface area contributed by atoms with Crippen LogP contribution in [0.25, 0.3) is 0 Å². The fraction of sp³-hybridized carbons (Fsp3) is 0.533. The standard InChI is InChI=1S/C12H17O2Si.3CH3.Sn/c1-9(15(2,3)4)10-7-5-6-8-11(10)12(13)14;;;;/h6-9H,1-4H3,(H,13,14);3*1H3;. The van der Waals surface area contributed by atoms with Crippen molar-refractivity contribution >= 4 is 36.0 Å². The molecule has 0 fully saturated rings. The Kier molecular flexibility index (Phi) is 4.94. The summed E-state index contributed by atoms with van der Waals surface area (Å²) in [5, 5.41) is 9.41. The van der Waals surface area contributed by atoms with Gasteiger partial charge in [-0.15, -0.1) is 0 Å². The Bertz CT molecular complexity index is 484. The molecule has 2 nitrogen and oxygen atoms in total. The van der Waals surface area contributed by atoms with Gasteiger partial charge in [0.15, 0.2) is 0 Å². The van der Waals surface area contributed by atoms with E-state index < -0.39 is 32.4 Å². The quantitative estimate of drug-likeness (QED) is 0.799. The van der Waals surface area contributed by atoms with Gasteiger partial charge in [-0.2, -0.15) is 0 Å². The van der Waals surface area contributed by atoms with Gasteiger partial charge < -0.3 is 0 Å². The summed E-state index contributed by atoms with van der Waals surface area (Å²) in [5.41, 5.74) is 1.91. The number of hydrogen-bond acceptors (Lipinski definition) is 1. The average molecular weight is 385 g/mol. The normalized spacial score (nSPS) is 14.3. The van der Waals surface area contributed by atoms with E-state index in [-0.39, 0.29) is 0 Å². The summed E-state index contributed by atoms with van der Waals surface area (Å²) < 4.78 is 1.42. The van der Waals surface area contributed by atoms with E-state index in [0.717, 1.165) is 5.56 Å². The second-order valence-corrected chi connectivity index (χ2v) is 27.5. The van der Waals surface area contributed by atoms with E-state index in [1.54, 1.807) is 0 Å². The van der Waals surface area contributed by atoms with Crippen LogP contribution in [0.5, 0.6) is 0 Å². The second-order valence-electron chi connectivity index (χ2n) is 7.44. The molecule has 0 spiro atoms. The van der Waals surface area contributed by atoms with Gasteiger partial charge in [0.1, 0.15) is 0 Å². The zero-order valence-corrected chi connectivity index (χ0v) is 17.0. The van der Waals surface area contributed by atoms with Crippen molar-refractivity contribution in [1.29, 1.82) is 0 Å². The van der Waals surface area contributed by atoms with Gasteiger partial charge in [0.25, 0.3) is 0 Å². The maximum absolute atomic E-state index is 11.4. The third-order valence-electron chi connectivity index (χ3n) is 3.91. The number of benzene rings is 1. The minimum absolute atomic E-state index is 0.368. The molecule has 0 heterocycles. The third kappa shape index (κ3) is 4.08. The van der Waals surface area contributed by atoms with Crippen LogP contribution in [0.3, 0.4) is 0 Å². The zero-order valence-electron chi connectivity index (χ0n) is 13.2. The first kappa shape index (κ1) is 16.8. The molecule has 0 aromatic heterocycles. The Morgan fingerprint density at radius 2 is 1.74 bits per heavy atom. The van der Waals surface area contributed by atoms with E-state index in [0.29, 0.717) is 11.1 Å². The molecule has 1 aromatic rings. The molecule has 1 aromatic carbocycles. The Labute approximate surface area is 122 Å². The first-order valence-electron chi connectivity index (χ1n) is 6.82. The zero-order chi connectivity index (χ0) is 15.0. The van der Waals surface area contributed by atoms with Crippen molar-refractivity contribution in [3.63, 3.8) is 0 Å². The van der Waals surface area contributed by atoms with E-state index in [4.69, 9.17) is 0 Å². The molecular formula is C15H26O2SiSn. The van der Waals surface area contributed by atoms with Crippen molar-refractivity contribution in [3.8, 4) is 0 Å². The molecule has 1 atom stereocenters. The van der Waals surface area contributed by atoms with Gasteiger partial charge in [-0.25, -0.2) is 0 Å². The van der Waals surface area contributed by atoms with E-state index in [9.17, 15) is 9.90 Å². The van der Waals surface area contributed by atoms with Crippen molar-refractivity contribution in [2.24, 2.45) is 0 Å². The van der Waals surface area contributed by atoms with Crippen LogP contribution in [0.1, 0.15) is 28.4 Å². The number of carboxylic acid groups (broad SMARTS) is 1. The maximum atomic E-state index is 11.4. The summed E-state index contributed by atoms with van der Waals surface area (Å²) in [6, 6.07) is 6.06. The molecule has 1 unspecified atom stereocenters. The first-order chi connectivity index (χ1) is 8.44. The van der Waals surface area contributed by atoms with Crippen molar-refractivity contribution in [2.75, 3.05) is 0 Å². The monoisotopic (exact) mass is 386 g/mol. The van der Waals surface area contributed by atoms with E-state index in [1.165, 1.54) is 3.58 Å². The summed E-state index contributed by atoms with van der Waals surface area (Å²) in [5.74, 6) is -0.796. The number of aromatic carboxylic acids is 1. The number of carboxylic acids is 1. The molecule has 4 heteroatoms. The van der Waals surface area contributed by atoms with Gasteiger partial charge >= 0.3 is 122 Å². The number of rotatable bonds is 4. The Morgan fingerprint density at radius 3 is 2.11 bits per heavy atom. The molecule has 0 saturated carbocycles. The molecule has 106 valence electrons. The van der Waals surface area contributed by atoms with Crippen molar-refractivity contribution in [1.82, 2.24) is 0 Å². The summed E-state index contributed by atoms with van der Waals surface area (Å²) in [7, 11) is -1.40. The number of carbonyl (C=O) groups is 1. The Morgan fingerprint density at radius 1 is 1.21 bits per heavy atom. The van der Waals surface area contributed by atoms with E-state index in [2.05, 4.69) is 47.5 Å². The molecule has 0 amide bonds. The summed E-state index contributed by atoms with van der Waals surface area (Å²) in [4.78, 5) is 18.6. The van der Waals surface area contributed by atoms with Crippen LogP contribution in [0.2, 0.25) is 34.5 Å². The van der Waals surface area contributed by atoms with E-state index >= 15 is 0 Å². The third-order valence-corrected chi connectivity index (χ3v) is 12.7. The molecule has 19 heavy (non-hydrogen) atoms. The van der Waals surface area contributed by atoms with Crippen molar-refractivity contribution in [2.45, 2.75) is 46.9 Å². The summed E-state index contributed by atoms with van der Waals surface area (Å²) >= 11 is -2.15. The van der Waals surface area contributed by atoms with Crippen LogP contribution in [0.15, 0.2) is 18.2 Å². The minimum atomic E-state index is -2.15. The van der Waals surface area contributed by atoms with Gasteiger partial charge in [0.05, 0.1) is 0 Å². The van der Waals surface area contributed by atoms with Crippen LogP contribution >= 0.6 is 0 Å². The fourth-order valence-electron chi connectivity index (χ4n) is 2.05. The van der Waals surface area contributed by atoms with Gasteiger partial charge in [-0.05, 0) is 0 Å². The molecule has 1 N–H and O–H groups in total. The predicted molar refractivity (Wildman–Crippen MR) is 88.1 cm³/mol. The second kappa shape index (κ2) is 5.60. The molecule has 0 aliphatic rings.